The largest absolute Gasteiger partial charge is 0.348 e. The van der Waals surface area contributed by atoms with Gasteiger partial charge in [-0.25, -0.2) is 0 Å². The summed E-state index contributed by atoms with van der Waals surface area (Å²) < 4.78 is 2.50. The Hall–Kier alpha value is -2.47. The molecule has 0 saturated carbocycles. The summed E-state index contributed by atoms with van der Waals surface area (Å²) >= 11 is 3.39. The van der Waals surface area contributed by atoms with Gasteiger partial charge >= 0.3 is 0 Å². The summed E-state index contributed by atoms with van der Waals surface area (Å²) in [5, 5.41) is 7.11. The first-order valence-electron chi connectivity index (χ1n) is 7.11. The monoisotopic (exact) mass is 370 g/mol. The standard InChI is InChI=1S/C17H15BrN4O/c1-22-11-13(10-21-22)16-12(5-4-8-19-16)9-20-17(23)14-6-2-3-7-15(14)18/h2-8,10-11H,9H2,1H3,(H,20,23). The summed E-state index contributed by atoms with van der Waals surface area (Å²) in [6.45, 7) is 0.401. The van der Waals surface area contributed by atoms with E-state index < -0.39 is 0 Å². The number of benzene rings is 1. The molecular weight excluding hydrogens is 356 g/mol. The third kappa shape index (κ3) is 3.48. The molecule has 0 spiro atoms. The molecule has 6 heteroatoms. The first kappa shape index (κ1) is 15.4. The number of hydrogen-bond donors (Lipinski definition) is 1. The van der Waals surface area contributed by atoms with Crippen molar-refractivity contribution in [3.8, 4) is 11.3 Å². The van der Waals surface area contributed by atoms with Crippen molar-refractivity contribution in [1.29, 1.82) is 0 Å². The van der Waals surface area contributed by atoms with Crippen LogP contribution in [0.4, 0.5) is 0 Å². The number of amides is 1. The highest BCUT2D eigenvalue weighted by atomic mass is 79.9. The van der Waals surface area contributed by atoms with Crippen molar-refractivity contribution in [3.63, 3.8) is 0 Å². The Labute approximate surface area is 142 Å². The fourth-order valence-electron chi connectivity index (χ4n) is 2.30. The minimum Gasteiger partial charge on any atom is -0.348 e. The van der Waals surface area contributed by atoms with Crippen LogP contribution in [0.25, 0.3) is 11.3 Å². The Kier molecular flexibility index (Phi) is 4.52. The average Bonchev–Trinajstić information content (AvgIpc) is 2.99. The highest BCUT2D eigenvalue weighted by molar-refractivity contribution is 9.10. The second kappa shape index (κ2) is 6.75. The molecule has 0 saturated heterocycles. The van der Waals surface area contributed by atoms with Crippen LogP contribution in [0.1, 0.15) is 15.9 Å². The van der Waals surface area contributed by atoms with Gasteiger partial charge in [0.25, 0.3) is 5.91 Å². The molecule has 0 unspecified atom stereocenters. The van der Waals surface area contributed by atoms with E-state index in [0.717, 1.165) is 21.3 Å². The van der Waals surface area contributed by atoms with Crippen LogP contribution in [0, 0.1) is 0 Å². The summed E-state index contributed by atoms with van der Waals surface area (Å²) in [7, 11) is 1.86. The number of aryl methyl sites for hydroxylation is 1. The summed E-state index contributed by atoms with van der Waals surface area (Å²) in [5.74, 6) is -0.126. The van der Waals surface area contributed by atoms with Gasteiger partial charge in [-0.15, -0.1) is 0 Å². The maximum Gasteiger partial charge on any atom is 0.252 e. The Morgan fingerprint density at radius 3 is 2.83 bits per heavy atom. The van der Waals surface area contributed by atoms with Crippen LogP contribution in [0.5, 0.6) is 0 Å². The molecule has 0 aliphatic carbocycles. The molecule has 0 bridgehead atoms. The van der Waals surface area contributed by atoms with Crippen LogP contribution >= 0.6 is 15.9 Å². The van der Waals surface area contributed by atoms with Gasteiger partial charge in [-0.1, -0.05) is 18.2 Å². The van der Waals surface area contributed by atoms with Crippen molar-refractivity contribution < 1.29 is 4.79 Å². The van der Waals surface area contributed by atoms with Gasteiger partial charge in [-0.2, -0.15) is 5.10 Å². The van der Waals surface area contributed by atoms with E-state index >= 15 is 0 Å². The Balaban J connectivity index is 1.79. The number of nitrogens with zero attached hydrogens (tertiary/aromatic N) is 3. The number of pyridine rings is 1. The van der Waals surface area contributed by atoms with Crippen LogP contribution in [0.15, 0.2) is 59.5 Å². The van der Waals surface area contributed by atoms with Gasteiger partial charge in [-0.05, 0) is 39.7 Å². The van der Waals surface area contributed by atoms with Crippen LogP contribution < -0.4 is 5.32 Å². The lowest BCUT2D eigenvalue weighted by Gasteiger charge is -2.09. The lowest BCUT2D eigenvalue weighted by molar-refractivity contribution is 0.0950. The quantitative estimate of drug-likeness (QED) is 0.767. The molecule has 2 aromatic heterocycles. The van der Waals surface area contributed by atoms with Gasteiger partial charge in [0.05, 0.1) is 17.5 Å². The summed E-state index contributed by atoms with van der Waals surface area (Å²) in [4.78, 5) is 16.7. The smallest absolute Gasteiger partial charge is 0.252 e. The SMILES string of the molecule is Cn1cc(-c2ncccc2CNC(=O)c2ccccc2Br)cn1. The minimum absolute atomic E-state index is 0.126. The van der Waals surface area contributed by atoms with Crippen LogP contribution in [-0.4, -0.2) is 20.7 Å². The zero-order chi connectivity index (χ0) is 16.2. The van der Waals surface area contributed by atoms with E-state index in [2.05, 4.69) is 31.3 Å². The van der Waals surface area contributed by atoms with E-state index in [-0.39, 0.29) is 5.91 Å². The van der Waals surface area contributed by atoms with E-state index in [1.165, 1.54) is 0 Å². The lowest BCUT2D eigenvalue weighted by atomic mass is 10.1. The molecule has 116 valence electrons. The second-order valence-corrected chi connectivity index (χ2v) is 5.93. The number of nitrogens with one attached hydrogen (secondary N) is 1. The zero-order valence-electron chi connectivity index (χ0n) is 12.5. The Morgan fingerprint density at radius 1 is 1.26 bits per heavy atom. The third-order valence-electron chi connectivity index (χ3n) is 3.43. The minimum atomic E-state index is -0.126. The average molecular weight is 371 g/mol. The van der Waals surface area contributed by atoms with Gasteiger partial charge in [-0.3, -0.25) is 14.5 Å². The number of carbonyl (C=O) groups excluding carboxylic acids is 1. The summed E-state index contributed by atoms with van der Waals surface area (Å²) in [6.07, 6.45) is 5.41. The molecule has 1 aromatic carbocycles. The molecule has 5 nitrogen and oxygen atoms in total. The van der Waals surface area contributed by atoms with Crippen LogP contribution in [0.3, 0.4) is 0 Å². The van der Waals surface area contributed by atoms with Gasteiger partial charge in [0.15, 0.2) is 0 Å². The predicted molar refractivity (Wildman–Crippen MR) is 91.8 cm³/mol. The zero-order valence-corrected chi connectivity index (χ0v) is 14.1. The maximum absolute atomic E-state index is 12.3. The van der Waals surface area contributed by atoms with Crippen LogP contribution in [-0.2, 0) is 13.6 Å². The van der Waals surface area contributed by atoms with Gasteiger partial charge < -0.3 is 5.32 Å². The van der Waals surface area contributed by atoms with Crippen molar-refractivity contribution in [2.24, 2.45) is 7.05 Å². The molecular formula is C17H15BrN4O. The van der Waals surface area contributed by atoms with Gasteiger partial charge in [0, 0.05) is 36.0 Å². The first-order valence-corrected chi connectivity index (χ1v) is 7.90. The number of hydrogen-bond acceptors (Lipinski definition) is 3. The third-order valence-corrected chi connectivity index (χ3v) is 4.12. The highest BCUT2D eigenvalue weighted by Gasteiger charge is 2.12. The van der Waals surface area contributed by atoms with E-state index in [9.17, 15) is 4.79 Å². The van der Waals surface area contributed by atoms with Crippen molar-refractivity contribution in [2.45, 2.75) is 6.54 Å². The molecule has 0 fully saturated rings. The molecule has 0 aliphatic rings. The number of halogens is 1. The van der Waals surface area contributed by atoms with E-state index in [4.69, 9.17) is 0 Å². The van der Waals surface area contributed by atoms with Crippen molar-refractivity contribution >= 4 is 21.8 Å². The van der Waals surface area contributed by atoms with E-state index in [1.54, 1.807) is 23.1 Å². The van der Waals surface area contributed by atoms with Crippen LogP contribution in [0.2, 0.25) is 0 Å². The topological polar surface area (TPSA) is 59.8 Å². The summed E-state index contributed by atoms with van der Waals surface area (Å²) in [6, 6.07) is 11.2. The summed E-state index contributed by atoms with van der Waals surface area (Å²) in [5.41, 5.74) is 3.31. The highest BCUT2D eigenvalue weighted by Crippen LogP contribution is 2.21. The van der Waals surface area contributed by atoms with Crippen molar-refractivity contribution in [2.75, 3.05) is 0 Å². The number of aromatic nitrogens is 3. The number of carbonyl (C=O) groups is 1. The molecule has 2 heterocycles. The molecule has 23 heavy (non-hydrogen) atoms. The normalized spacial score (nSPS) is 10.5. The molecule has 0 aliphatic heterocycles. The van der Waals surface area contributed by atoms with E-state index in [1.807, 2.05) is 43.6 Å². The van der Waals surface area contributed by atoms with Gasteiger partial charge in [0.1, 0.15) is 0 Å². The fourth-order valence-corrected chi connectivity index (χ4v) is 2.77. The van der Waals surface area contributed by atoms with Gasteiger partial charge in [0.2, 0.25) is 0 Å². The first-order chi connectivity index (χ1) is 11.1. The Morgan fingerprint density at radius 2 is 2.09 bits per heavy atom. The molecule has 1 amide bonds. The molecule has 0 radical (unpaired) electrons. The maximum atomic E-state index is 12.3. The fraction of sp³-hybridized carbons (Fsp3) is 0.118. The lowest BCUT2D eigenvalue weighted by Crippen LogP contribution is -2.23. The van der Waals surface area contributed by atoms with Crippen molar-refractivity contribution in [3.05, 3.63) is 70.6 Å². The molecule has 3 rings (SSSR count). The Bertz CT molecular complexity index is 844. The number of rotatable bonds is 4. The predicted octanol–water partition coefficient (Wildman–Crippen LogP) is 3.17. The van der Waals surface area contributed by atoms with Crippen molar-refractivity contribution in [1.82, 2.24) is 20.1 Å². The molecule has 3 aromatic rings. The second-order valence-electron chi connectivity index (χ2n) is 5.08. The molecule has 1 N–H and O–H groups in total. The van der Waals surface area contributed by atoms with E-state index in [0.29, 0.717) is 12.1 Å². The molecule has 0 atom stereocenters.